The molecule has 0 aliphatic carbocycles. The molecule has 2 aromatic carbocycles. The van der Waals surface area contributed by atoms with E-state index < -0.39 is 5.72 Å². The summed E-state index contributed by atoms with van der Waals surface area (Å²) in [4.78, 5) is 14.1. The second-order valence-corrected chi connectivity index (χ2v) is 8.44. The molecule has 5 heteroatoms. The average molecular weight is 392 g/mol. The molecule has 1 atom stereocenters. The first kappa shape index (κ1) is 19.7. The fraction of sp³-hybridized carbons (Fsp3) is 0.375. The van der Waals surface area contributed by atoms with Crippen molar-refractivity contribution in [2.24, 2.45) is 0 Å². The number of aliphatic hydroxyl groups is 1. The number of amides is 1. The minimum atomic E-state index is -1.06. The first-order valence-electron chi connectivity index (χ1n) is 10.2. The van der Waals surface area contributed by atoms with E-state index >= 15 is 0 Å². The van der Waals surface area contributed by atoms with E-state index in [1.54, 1.807) is 7.05 Å². The normalized spacial score (nSPS) is 16.4. The van der Waals surface area contributed by atoms with Crippen molar-refractivity contribution in [3.05, 3.63) is 70.4 Å². The quantitative estimate of drug-likeness (QED) is 0.718. The van der Waals surface area contributed by atoms with Crippen LogP contribution in [0.3, 0.4) is 0 Å². The van der Waals surface area contributed by atoms with E-state index in [4.69, 9.17) is 0 Å². The van der Waals surface area contributed by atoms with Crippen molar-refractivity contribution >= 4 is 16.8 Å². The van der Waals surface area contributed by atoms with E-state index in [-0.39, 0.29) is 5.91 Å². The number of aryl methyl sites for hydroxylation is 1. The van der Waals surface area contributed by atoms with Gasteiger partial charge in [0.05, 0.1) is 5.52 Å². The summed E-state index contributed by atoms with van der Waals surface area (Å²) in [5, 5.41) is 15.5. The summed E-state index contributed by atoms with van der Waals surface area (Å²) in [5.74, 6) is -0.103. The minimum absolute atomic E-state index is 0.103. The standard InChI is InChI=1S/C24H29N3O2/c1-16-5-10-21-19(13-16)20-15-26(4)12-11-22(20)27(21)24(2,29)14-17-6-8-18(9-7-17)23(28)25-3/h5-10,13,29H,11-12,14-15H2,1-4H3,(H,25,28). The Morgan fingerprint density at radius 2 is 1.93 bits per heavy atom. The van der Waals surface area contributed by atoms with Crippen LogP contribution in [0, 0.1) is 6.92 Å². The van der Waals surface area contributed by atoms with Crippen LogP contribution in [0.4, 0.5) is 0 Å². The molecule has 1 amide bonds. The zero-order valence-electron chi connectivity index (χ0n) is 17.6. The molecule has 152 valence electrons. The number of nitrogens with one attached hydrogen (secondary N) is 1. The molecule has 0 radical (unpaired) electrons. The van der Waals surface area contributed by atoms with Crippen molar-refractivity contribution in [2.45, 2.75) is 39.0 Å². The Balaban J connectivity index is 1.76. The molecule has 0 bridgehead atoms. The summed E-state index contributed by atoms with van der Waals surface area (Å²) in [7, 11) is 3.77. The van der Waals surface area contributed by atoms with Crippen LogP contribution < -0.4 is 5.32 Å². The Morgan fingerprint density at radius 1 is 1.21 bits per heavy atom. The van der Waals surface area contributed by atoms with Gasteiger partial charge in [0.15, 0.2) is 0 Å². The van der Waals surface area contributed by atoms with E-state index in [2.05, 4.69) is 47.0 Å². The summed E-state index contributed by atoms with van der Waals surface area (Å²) in [6.07, 6.45) is 1.40. The number of likely N-dealkylation sites (N-methyl/N-ethyl adjacent to an activating group) is 1. The SMILES string of the molecule is CNC(=O)c1ccc(CC(C)(O)n2c3c(c4cc(C)ccc42)CN(C)CC3)cc1. The van der Waals surface area contributed by atoms with Crippen molar-refractivity contribution in [3.8, 4) is 0 Å². The third-order valence-corrected chi connectivity index (χ3v) is 5.96. The van der Waals surface area contributed by atoms with Gasteiger partial charge in [0.25, 0.3) is 5.91 Å². The zero-order valence-corrected chi connectivity index (χ0v) is 17.6. The second-order valence-electron chi connectivity index (χ2n) is 8.44. The molecule has 4 rings (SSSR count). The molecule has 0 spiro atoms. The molecule has 1 aromatic heterocycles. The summed E-state index contributed by atoms with van der Waals surface area (Å²) in [5.41, 5.74) is 5.43. The second kappa shape index (κ2) is 7.32. The third kappa shape index (κ3) is 3.56. The molecule has 3 aromatic rings. The maximum atomic E-state index is 11.8. The molecule has 0 saturated heterocycles. The predicted octanol–water partition coefficient (Wildman–Crippen LogP) is 3.20. The monoisotopic (exact) mass is 391 g/mol. The maximum Gasteiger partial charge on any atom is 0.251 e. The van der Waals surface area contributed by atoms with Gasteiger partial charge < -0.3 is 19.9 Å². The minimum Gasteiger partial charge on any atom is -0.370 e. The number of carbonyl (C=O) groups excluding carboxylic acids is 1. The zero-order chi connectivity index (χ0) is 20.8. The first-order valence-corrected chi connectivity index (χ1v) is 10.2. The van der Waals surface area contributed by atoms with E-state index in [0.717, 1.165) is 30.6 Å². The van der Waals surface area contributed by atoms with Crippen LogP contribution >= 0.6 is 0 Å². The molecule has 1 aliphatic heterocycles. The van der Waals surface area contributed by atoms with E-state index in [1.807, 2.05) is 31.2 Å². The van der Waals surface area contributed by atoms with Gasteiger partial charge in [0.1, 0.15) is 5.72 Å². The molecule has 0 saturated carbocycles. The highest BCUT2D eigenvalue weighted by atomic mass is 16.3. The highest BCUT2D eigenvalue weighted by molar-refractivity contribution is 5.94. The van der Waals surface area contributed by atoms with Gasteiger partial charge in [-0.05, 0) is 56.3 Å². The van der Waals surface area contributed by atoms with Crippen LogP contribution in [-0.2, 0) is 25.1 Å². The average Bonchev–Trinajstić information content (AvgIpc) is 3.01. The highest BCUT2D eigenvalue weighted by Gasteiger charge is 2.32. The number of fused-ring (bicyclic) bond motifs is 3. The Kier molecular flexibility index (Phi) is 4.97. The maximum absolute atomic E-state index is 11.8. The number of carbonyl (C=O) groups is 1. The number of rotatable bonds is 4. The fourth-order valence-corrected chi connectivity index (χ4v) is 4.54. The van der Waals surface area contributed by atoms with E-state index in [1.165, 1.54) is 22.2 Å². The van der Waals surface area contributed by atoms with Gasteiger partial charge in [-0.3, -0.25) is 4.79 Å². The van der Waals surface area contributed by atoms with Gasteiger partial charge in [-0.25, -0.2) is 0 Å². The van der Waals surface area contributed by atoms with Crippen molar-refractivity contribution in [3.63, 3.8) is 0 Å². The first-order chi connectivity index (χ1) is 13.8. The van der Waals surface area contributed by atoms with Gasteiger partial charge in [0.2, 0.25) is 0 Å². The van der Waals surface area contributed by atoms with Crippen molar-refractivity contribution in [1.29, 1.82) is 0 Å². The topological polar surface area (TPSA) is 57.5 Å². The van der Waals surface area contributed by atoms with E-state index in [9.17, 15) is 9.90 Å². The number of aromatic nitrogens is 1. The number of nitrogens with zero attached hydrogens (tertiary/aromatic N) is 2. The van der Waals surface area contributed by atoms with Gasteiger partial charge in [0, 0.05) is 49.6 Å². The highest BCUT2D eigenvalue weighted by Crippen LogP contribution is 2.36. The number of hydrogen-bond acceptors (Lipinski definition) is 3. The molecular weight excluding hydrogens is 362 g/mol. The number of benzene rings is 2. The Hall–Kier alpha value is -2.63. The lowest BCUT2D eigenvalue weighted by molar-refractivity contribution is -0.0166. The van der Waals surface area contributed by atoms with E-state index in [0.29, 0.717) is 12.0 Å². The smallest absolute Gasteiger partial charge is 0.251 e. The molecule has 2 heterocycles. The Morgan fingerprint density at radius 3 is 2.62 bits per heavy atom. The van der Waals surface area contributed by atoms with Crippen molar-refractivity contribution < 1.29 is 9.90 Å². The van der Waals surface area contributed by atoms with Crippen LogP contribution in [0.1, 0.15) is 39.7 Å². The summed E-state index contributed by atoms with van der Waals surface area (Å²) >= 11 is 0. The van der Waals surface area contributed by atoms with Gasteiger partial charge in [-0.1, -0.05) is 23.8 Å². The lowest BCUT2D eigenvalue weighted by Crippen LogP contribution is -2.36. The Labute approximate surface area is 171 Å². The molecule has 29 heavy (non-hydrogen) atoms. The van der Waals surface area contributed by atoms with Gasteiger partial charge in [-0.2, -0.15) is 0 Å². The van der Waals surface area contributed by atoms with Crippen LogP contribution in [0.15, 0.2) is 42.5 Å². The molecule has 5 nitrogen and oxygen atoms in total. The summed E-state index contributed by atoms with van der Waals surface area (Å²) in [6.45, 7) is 5.89. The number of hydrogen-bond donors (Lipinski definition) is 2. The van der Waals surface area contributed by atoms with Gasteiger partial charge in [-0.15, -0.1) is 0 Å². The molecule has 2 N–H and O–H groups in total. The molecular formula is C24H29N3O2. The lowest BCUT2D eigenvalue weighted by atomic mass is 10.0. The van der Waals surface area contributed by atoms with Crippen LogP contribution in [0.25, 0.3) is 10.9 Å². The third-order valence-electron chi connectivity index (χ3n) is 5.96. The summed E-state index contributed by atoms with van der Waals surface area (Å²) < 4.78 is 2.14. The Bertz CT molecular complexity index is 1060. The van der Waals surface area contributed by atoms with Crippen LogP contribution in [-0.4, -0.2) is 41.1 Å². The van der Waals surface area contributed by atoms with Gasteiger partial charge >= 0.3 is 0 Å². The fourth-order valence-electron chi connectivity index (χ4n) is 4.54. The largest absolute Gasteiger partial charge is 0.370 e. The summed E-state index contributed by atoms with van der Waals surface area (Å²) in [6, 6.07) is 14.0. The molecule has 1 aliphatic rings. The molecule has 0 fully saturated rings. The van der Waals surface area contributed by atoms with Crippen molar-refractivity contribution in [1.82, 2.24) is 14.8 Å². The van der Waals surface area contributed by atoms with Crippen LogP contribution in [0.5, 0.6) is 0 Å². The van der Waals surface area contributed by atoms with Crippen LogP contribution in [0.2, 0.25) is 0 Å². The van der Waals surface area contributed by atoms with Crippen molar-refractivity contribution in [2.75, 3.05) is 20.6 Å². The molecule has 1 unspecified atom stereocenters. The predicted molar refractivity (Wildman–Crippen MR) is 116 cm³/mol. The lowest BCUT2D eigenvalue weighted by Gasteiger charge is -2.32.